The molecular formula is C22H22Cl2N6O2S. The molecule has 1 aromatic carbocycles. The maximum absolute atomic E-state index is 12.9. The van der Waals surface area contributed by atoms with Crippen LogP contribution in [0.2, 0.25) is 10.0 Å². The van der Waals surface area contributed by atoms with Gasteiger partial charge in [0.1, 0.15) is 5.69 Å². The van der Waals surface area contributed by atoms with Crippen molar-refractivity contribution >= 4 is 57.2 Å². The maximum atomic E-state index is 12.9. The molecule has 2 amide bonds. The Morgan fingerprint density at radius 2 is 1.88 bits per heavy atom. The van der Waals surface area contributed by atoms with Crippen LogP contribution in [0.3, 0.4) is 0 Å². The van der Waals surface area contributed by atoms with Crippen LogP contribution in [-0.2, 0) is 11.3 Å². The molecular weight excluding hydrogens is 483 g/mol. The highest BCUT2D eigenvalue weighted by Gasteiger charge is 2.25. The second-order valence-corrected chi connectivity index (χ2v) is 9.13. The molecule has 0 bridgehead atoms. The Hall–Kier alpha value is -2.72. The molecule has 0 aliphatic carbocycles. The molecule has 172 valence electrons. The second kappa shape index (κ2) is 10.9. The first-order valence-corrected chi connectivity index (χ1v) is 12.0. The van der Waals surface area contributed by atoms with E-state index in [0.717, 1.165) is 11.4 Å². The zero-order chi connectivity index (χ0) is 23.2. The van der Waals surface area contributed by atoms with Crippen molar-refractivity contribution in [3.8, 4) is 0 Å². The summed E-state index contributed by atoms with van der Waals surface area (Å²) in [5, 5.41) is 9.27. The van der Waals surface area contributed by atoms with E-state index in [0.29, 0.717) is 60.1 Å². The topological polar surface area (TPSA) is 90.5 Å². The molecule has 0 spiro atoms. The standard InChI is InChI=1S/C22H22Cl2N6O2S/c23-17-5-4-15(11-18(17)24)27-22-28-19(14-33-22)21(32)30-9-7-29(8-10-30)13-20(31)26-12-16-3-1-2-6-25-16/h1-6,11,14H,7-10,12-13H2,(H,26,31)(H,27,28). The number of nitrogens with zero attached hydrogens (tertiary/aromatic N) is 4. The van der Waals surface area contributed by atoms with Crippen molar-refractivity contribution in [3.63, 3.8) is 0 Å². The average molecular weight is 505 g/mol. The number of carbonyl (C=O) groups is 2. The Bertz CT molecular complexity index is 1120. The van der Waals surface area contributed by atoms with E-state index in [1.165, 1.54) is 11.3 Å². The fourth-order valence-electron chi connectivity index (χ4n) is 3.35. The number of nitrogens with one attached hydrogen (secondary N) is 2. The molecule has 1 saturated heterocycles. The van der Waals surface area contributed by atoms with Gasteiger partial charge in [0.2, 0.25) is 5.91 Å². The molecule has 1 fully saturated rings. The second-order valence-electron chi connectivity index (χ2n) is 7.46. The van der Waals surface area contributed by atoms with Crippen molar-refractivity contribution < 1.29 is 9.59 Å². The van der Waals surface area contributed by atoms with Gasteiger partial charge < -0.3 is 15.5 Å². The summed E-state index contributed by atoms with van der Waals surface area (Å²) in [6.07, 6.45) is 1.70. The summed E-state index contributed by atoms with van der Waals surface area (Å²) in [4.78, 5) is 37.5. The number of aromatic nitrogens is 2. The number of benzene rings is 1. The fourth-order valence-corrected chi connectivity index (χ4v) is 4.35. The van der Waals surface area contributed by atoms with Crippen LogP contribution in [-0.4, -0.2) is 64.3 Å². The van der Waals surface area contributed by atoms with Gasteiger partial charge in [0.25, 0.3) is 5.91 Å². The maximum Gasteiger partial charge on any atom is 0.273 e. The summed E-state index contributed by atoms with van der Waals surface area (Å²) >= 11 is 13.3. The first kappa shape index (κ1) is 23.4. The van der Waals surface area contributed by atoms with Crippen LogP contribution < -0.4 is 10.6 Å². The third-order valence-corrected chi connectivity index (χ3v) is 6.61. The molecule has 0 saturated carbocycles. The third-order valence-electron chi connectivity index (χ3n) is 5.11. The lowest BCUT2D eigenvalue weighted by molar-refractivity contribution is -0.122. The number of anilines is 2. The number of hydrogen-bond acceptors (Lipinski definition) is 7. The van der Waals surface area contributed by atoms with Gasteiger partial charge in [-0.1, -0.05) is 29.3 Å². The molecule has 11 heteroatoms. The molecule has 2 N–H and O–H groups in total. The van der Waals surface area contributed by atoms with E-state index in [-0.39, 0.29) is 11.8 Å². The predicted octanol–water partition coefficient (Wildman–Crippen LogP) is 3.66. The largest absolute Gasteiger partial charge is 0.349 e. The van der Waals surface area contributed by atoms with E-state index < -0.39 is 0 Å². The van der Waals surface area contributed by atoms with E-state index >= 15 is 0 Å². The SMILES string of the molecule is O=C(CN1CCN(C(=O)c2csc(Nc3ccc(Cl)c(Cl)c3)n2)CC1)NCc1ccccn1. The van der Waals surface area contributed by atoms with Crippen LogP contribution in [0.5, 0.6) is 0 Å². The third kappa shape index (κ3) is 6.42. The highest BCUT2D eigenvalue weighted by Crippen LogP contribution is 2.28. The number of pyridine rings is 1. The van der Waals surface area contributed by atoms with Gasteiger partial charge in [0, 0.05) is 43.4 Å². The van der Waals surface area contributed by atoms with E-state index in [1.807, 2.05) is 23.1 Å². The zero-order valence-corrected chi connectivity index (χ0v) is 20.0. The van der Waals surface area contributed by atoms with Gasteiger partial charge in [-0.25, -0.2) is 4.98 Å². The van der Waals surface area contributed by atoms with Crippen LogP contribution in [0.15, 0.2) is 48.0 Å². The molecule has 1 aliphatic heterocycles. The summed E-state index contributed by atoms with van der Waals surface area (Å²) in [7, 11) is 0. The molecule has 4 rings (SSSR count). The number of thiazole rings is 1. The Balaban J connectivity index is 1.23. The number of hydrogen-bond donors (Lipinski definition) is 2. The molecule has 3 aromatic rings. The van der Waals surface area contributed by atoms with Gasteiger partial charge in [-0.3, -0.25) is 19.5 Å². The van der Waals surface area contributed by atoms with Crippen molar-refractivity contribution in [2.75, 3.05) is 38.0 Å². The molecule has 0 radical (unpaired) electrons. The Morgan fingerprint density at radius 1 is 1.06 bits per heavy atom. The van der Waals surface area contributed by atoms with Gasteiger partial charge >= 0.3 is 0 Å². The number of piperazine rings is 1. The smallest absolute Gasteiger partial charge is 0.273 e. The van der Waals surface area contributed by atoms with Crippen molar-refractivity contribution in [2.45, 2.75) is 6.54 Å². The van der Waals surface area contributed by atoms with Gasteiger partial charge in [-0.05, 0) is 30.3 Å². The fraction of sp³-hybridized carbons (Fsp3) is 0.273. The highest BCUT2D eigenvalue weighted by atomic mass is 35.5. The lowest BCUT2D eigenvalue weighted by atomic mass is 10.3. The van der Waals surface area contributed by atoms with Crippen LogP contribution >= 0.6 is 34.5 Å². The van der Waals surface area contributed by atoms with Crippen LogP contribution in [0.25, 0.3) is 0 Å². The monoisotopic (exact) mass is 504 g/mol. The molecule has 1 aliphatic rings. The summed E-state index contributed by atoms with van der Waals surface area (Å²) in [5.41, 5.74) is 1.95. The minimum Gasteiger partial charge on any atom is -0.349 e. The first-order chi connectivity index (χ1) is 16.0. The lowest BCUT2D eigenvalue weighted by Crippen LogP contribution is -2.51. The number of carbonyl (C=O) groups excluding carboxylic acids is 2. The van der Waals surface area contributed by atoms with Crippen molar-refractivity contribution in [2.24, 2.45) is 0 Å². The molecule has 3 heterocycles. The Morgan fingerprint density at radius 3 is 2.61 bits per heavy atom. The number of halogens is 2. The van der Waals surface area contributed by atoms with Crippen LogP contribution in [0, 0.1) is 0 Å². The summed E-state index contributed by atoms with van der Waals surface area (Å²) < 4.78 is 0. The van der Waals surface area contributed by atoms with E-state index in [2.05, 4.69) is 20.6 Å². The predicted molar refractivity (Wildman–Crippen MR) is 130 cm³/mol. The lowest BCUT2D eigenvalue weighted by Gasteiger charge is -2.33. The summed E-state index contributed by atoms with van der Waals surface area (Å²) in [5.74, 6) is -0.175. The number of amides is 2. The Labute approximate surface area is 205 Å². The van der Waals surface area contributed by atoms with Gasteiger partial charge in [0.05, 0.1) is 28.8 Å². The van der Waals surface area contributed by atoms with Gasteiger partial charge in [0.15, 0.2) is 5.13 Å². The quantitative estimate of drug-likeness (QED) is 0.510. The van der Waals surface area contributed by atoms with E-state index in [1.54, 1.807) is 34.7 Å². The van der Waals surface area contributed by atoms with E-state index in [9.17, 15) is 9.59 Å². The van der Waals surface area contributed by atoms with E-state index in [4.69, 9.17) is 23.2 Å². The first-order valence-electron chi connectivity index (χ1n) is 10.3. The molecule has 33 heavy (non-hydrogen) atoms. The minimum atomic E-state index is -0.118. The van der Waals surface area contributed by atoms with Crippen LogP contribution in [0.4, 0.5) is 10.8 Å². The summed E-state index contributed by atoms with van der Waals surface area (Å²) in [6, 6.07) is 10.8. The van der Waals surface area contributed by atoms with Crippen LogP contribution in [0.1, 0.15) is 16.2 Å². The molecule has 0 atom stereocenters. The average Bonchev–Trinajstić information content (AvgIpc) is 3.29. The van der Waals surface area contributed by atoms with Gasteiger partial charge in [-0.2, -0.15) is 0 Å². The Kier molecular flexibility index (Phi) is 7.77. The highest BCUT2D eigenvalue weighted by molar-refractivity contribution is 7.14. The normalized spacial score (nSPS) is 14.2. The number of rotatable bonds is 7. The van der Waals surface area contributed by atoms with Crippen molar-refractivity contribution in [1.29, 1.82) is 0 Å². The van der Waals surface area contributed by atoms with Gasteiger partial charge in [-0.15, -0.1) is 11.3 Å². The molecule has 2 aromatic heterocycles. The molecule has 0 unspecified atom stereocenters. The zero-order valence-electron chi connectivity index (χ0n) is 17.6. The minimum absolute atomic E-state index is 0.0575. The van der Waals surface area contributed by atoms with Crippen molar-refractivity contribution in [1.82, 2.24) is 25.1 Å². The summed E-state index contributed by atoms with van der Waals surface area (Å²) in [6.45, 7) is 3.03. The van der Waals surface area contributed by atoms with Crippen molar-refractivity contribution in [3.05, 3.63) is 69.4 Å². The molecule has 8 nitrogen and oxygen atoms in total.